The molecular formula is C19H28FN3O5. The van der Waals surface area contributed by atoms with Crippen molar-refractivity contribution in [3.05, 3.63) is 29.1 Å². The Morgan fingerprint density at radius 1 is 1.46 bits per heavy atom. The Kier molecular flexibility index (Phi) is 6.08. The van der Waals surface area contributed by atoms with E-state index in [1.54, 1.807) is 41.5 Å². The molecule has 28 heavy (non-hydrogen) atoms. The molecule has 3 N–H and O–H groups in total. The number of ether oxygens (including phenoxy) is 3. The van der Waals surface area contributed by atoms with Gasteiger partial charge in [-0.3, -0.25) is 4.90 Å². The lowest BCUT2D eigenvalue weighted by molar-refractivity contribution is -0.0637. The van der Waals surface area contributed by atoms with Gasteiger partial charge in [0, 0.05) is 5.56 Å². The van der Waals surface area contributed by atoms with Gasteiger partial charge in [-0.25, -0.2) is 9.18 Å². The molecule has 9 heteroatoms. The Bertz CT molecular complexity index is 774. The molecule has 1 aromatic rings. The van der Waals surface area contributed by atoms with Crippen molar-refractivity contribution >= 4 is 11.9 Å². The van der Waals surface area contributed by atoms with E-state index in [1.165, 1.54) is 11.0 Å². The summed E-state index contributed by atoms with van der Waals surface area (Å²) in [6.45, 7) is 10.8. The summed E-state index contributed by atoms with van der Waals surface area (Å²) < 4.78 is 31.2. The van der Waals surface area contributed by atoms with Gasteiger partial charge in [-0.15, -0.1) is 0 Å². The zero-order chi connectivity index (χ0) is 21.3. The molecule has 1 aliphatic heterocycles. The molecule has 0 aliphatic carbocycles. The van der Waals surface area contributed by atoms with Crippen molar-refractivity contribution in [1.82, 2.24) is 4.90 Å². The minimum Gasteiger partial charge on any atom is -0.488 e. The van der Waals surface area contributed by atoms with E-state index in [1.807, 2.05) is 0 Å². The van der Waals surface area contributed by atoms with Crippen molar-refractivity contribution in [1.29, 1.82) is 0 Å². The van der Waals surface area contributed by atoms with Gasteiger partial charge < -0.3 is 25.2 Å². The Labute approximate surface area is 164 Å². The lowest BCUT2D eigenvalue weighted by atomic mass is 10.1. The lowest BCUT2D eigenvalue weighted by Gasteiger charge is -2.35. The Hall–Kier alpha value is -2.55. The summed E-state index contributed by atoms with van der Waals surface area (Å²) in [4.78, 5) is 14.1. The van der Waals surface area contributed by atoms with Gasteiger partial charge in [-0.1, -0.05) is 5.16 Å². The summed E-state index contributed by atoms with van der Waals surface area (Å²) in [5.74, 6) is -0.847. The topological polar surface area (TPSA) is 107 Å². The Morgan fingerprint density at radius 2 is 2.11 bits per heavy atom. The zero-order valence-corrected chi connectivity index (χ0v) is 17.1. The van der Waals surface area contributed by atoms with Crippen molar-refractivity contribution in [2.24, 2.45) is 10.9 Å². The first kappa shape index (κ1) is 21.7. The molecule has 2 rings (SSSR count). The number of nitrogens with zero attached hydrogens (tertiary/aromatic N) is 2. The average Bonchev–Trinajstić information content (AvgIpc) is 2.87. The average molecular weight is 397 g/mol. The molecule has 1 aliphatic rings. The lowest BCUT2D eigenvalue weighted by Crippen LogP contribution is -2.51. The van der Waals surface area contributed by atoms with Gasteiger partial charge in [0.05, 0.1) is 12.6 Å². The number of benzene rings is 1. The van der Waals surface area contributed by atoms with E-state index in [0.717, 1.165) is 6.07 Å². The number of hydrogen-bond acceptors (Lipinski definition) is 6. The molecule has 0 radical (unpaired) electrons. The van der Waals surface area contributed by atoms with Crippen LogP contribution in [0.4, 0.5) is 9.18 Å². The fourth-order valence-electron chi connectivity index (χ4n) is 2.97. The van der Waals surface area contributed by atoms with Crippen molar-refractivity contribution in [2.45, 2.75) is 58.9 Å². The van der Waals surface area contributed by atoms with E-state index in [0.29, 0.717) is 5.56 Å². The molecule has 0 saturated carbocycles. The molecule has 1 amide bonds. The SMILES string of the molecule is Cc1cc(OC[C@H]2COC(C)(C)N2C(=O)OC(C)(C)C)c(F)cc1C(N)=NO. The normalized spacial score (nSPS) is 19.6. The van der Waals surface area contributed by atoms with Gasteiger partial charge in [0.15, 0.2) is 17.4 Å². The van der Waals surface area contributed by atoms with Gasteiger partial charge in [0.25, 0.3) is 0 Å². The second kappa shape index (κ2) is 7.83. The molecule has 8 nitrogen and oxygen atoms in total. The predicted octanol–water partition coefficient (Wildman–Crippen LogP) is 2.98. The Morgan fingerprint density at radius 3 is 2.68 bits per heavy atom. The van der Waals surface area contributed by atoms with Gasteiger partial charge in [-0.2, -0.15) is 0 Å². The van der Waals surface area contributed by atoms with Crippen LogP contribution in [0.2, 0.25) is 0 Å². The number of carbonyl (C=O) groups is 1. The van der Waals surface area contributed by atoms with Crippen LogP contribution in [0.5, 0.6) is 5.75 Å². The molecule has 0 bridgehead atoms. The van der Waals surface area contributed by atoms with Crippen LogP contribution in [-0.4, -0.2) is 52.6 Å². The van der Waals surface area contributed by atoms with Crippen LogP contribution in [0.15, 0.2) is 17.3 Å². The van der Waals surface area contributed by atoms with Crippen molar-refractivity contribution < 1.29 is 28.6 Å². The Balaban J connectivity index is 2.17. The predicted molar refractivity (Wildman–Crippen MR) is 101 cm³/mol. The van der Waals surface area contributed by atoms with Gasteiger partial charge in [0.1, 0.15) is 17.9 Å². The number of amidine groups is 1. The van der Waals surface area contributed by atoms with Crippen LogP contribution >= 0.6 is 0 Å². The van der Waals surface area contributed by atoms with Crippen LogP contribution in [0.1, 0.15) is 45.7 Å². The number of hydrogen-bond donors (Lipinski definition) is 2. The number of aryl methyl sites for hydroxylation is 1. The highest BCUT2D eigenvalue weighted by Gasteiger charge is 2.46. The molecule has 1 atom stereocenters. The second-order valence-electron chi connectivity index (χ2n) is 8.16. The number of oxime groups is 1. The first-order valence-corrected chi connectivity index (χ1v) is 8.93. The maximum absolute atomic E-state index is 14.4. The third kappa shape index (κ3) is 4.83. The smallest absolute Gasteiger partial charge is 0.413 e. The third-order valence-electron chi connectivity index (χ3n) is 4.26. The molecule has 1 aromatic carbocycles. The minimum atomic E-state index is -0.874. The third-order valence-corrected chi connectivity index (χ3v) is 4.26. The second-order valence-corrected chi connectivity index (χ2v) is 8.16. The van der Waals surface area contributed by atoms with E-state index < -0.39 is 29.3 Å². The highest BCUT2D eigenvalue weighted by atomic mass is 19.1. The van der Waals surface area contributed by atoms with E-state index in [-0.39, 0.29) is 30.4 Å². The summed E-state index contributed by atoms with van der Waals surface area (Å²) in [5.41, 5.74) is 4.86. The molecule has 0 spiro atoms. The molecule has 1 heterocycles. The number of halogens is 1. The minimum absolute atomic E-state index is 0.000773. The van der Waals surface area contributed by atoms with Gasteiger partial charge in [0.2, 0.25) is 0 Å². The number of amides is 1. The van der Waals surface area contributed by atoms with E-state index in [4.69, 9.17) is 25.2 Å². The molecule has 0 aromatic heterocycles. The van der Waals surface area contributed by atoms with Crippen LogP contribution in [0, 0.1) is 12.7 Å². The van der Waals surface area contributed by atoms with Crippen molar-refractivity contribution in [2.75, 3.05) is 13.2 Å². The molecule has 1 saturated heterocycles. The standard InChI is InChI=1S/C19H28FN3O5/c1-11-7-15(14(20)8-13(11)16(21)22-25)26-9-12-10-27-19(5,6)23(12)17(24)28-18(2,3)4/h7-8,12,25H,9-10H2,1-6H3,(H2,21,22)/t12-/m0/s1. The summed E-state index contributed by atoms with van der Waals surface area (Å²) in [6, 6.07) is 2.15. The largest absolute Gasteiger partial charge is 0.488 e. The fraction of sp³-hybridized carbons (Fsp3) is 0.579. The zero-order valence-electron chi connectivity index (χ0n) is 17.1. The summed E-state index contributed by atoms with van der Waals surface area (Å²) in [7, 11) is 0. The number of rotatable bonds is 4. The summed E-state index contributed by atoms with van der Waals surface area (Å²) in [6.07, 6.45) is -0.525. The van der Waals surface area contributed by atoms with Crippen LogP contribution in [0.3, 0.4) is 0 Å². The summed E-state index contributed by atoms with van der Waals surface area (Å²) in [5, 5.41) is 11.7. The fourth-order valence-corrected chi connectivity index (χ4v) is 2.97. The number of nitrogens with two attached hydrogens (primary N) is 1. The van der Waals surface area contributed by atoms with E-state index in [9.17, 15) is 9.18 Å². The maximum Gasteiger partial charge on any atom is 0.413 e. The first-order valence-electron chi connectivity index (χ1n) is 8.93. The quantitative estimate of drug-likeness (QED) is 0.350. The monoisotopic (exact) mass is 397 g/mol. The van der Waals surface area contributed by atoms with Gasteiger partial charge in [-0.05, 0) is 59.2 Å². The van der Waals surface area contributed by atoms with Crippen LogP contribution in [-0.2, 0) is 9.47 Å². The van der Waals surface area contributed by atoms with E-state index >= 15 is 0 Å². The first-order chi connectivity index (χ1) is 12.9. The van der Waals surface area contributed by atoms with Crippen LogP contribution in [0.25, 0.3) is 0 Å². The number of carbonyl (C=O) groups excluding carboxylic acids is 1. The maximum atomic E-state index is 14.4. The summed E-state index contributed by atoms with van der Waals surface area (Å²) >= 11 is 0. The molecular weight excluding hydrogens is 369 g/mol. The molecule has 156 valence electrons. The van der Waals surface area contributed by atoms with E-state index in [2.05, 4.69) is 5.16 Å². The highest BCUT2D eigenvalue weighted by molar-refractivity contribution is 5.98. The van der Waals surface area contributed by atoms with Crippen molar-refractivity contribution in [3.8, 4) is 5.75 Å². The highest BCUT2D eigenvalue weighted by Crippen LogP contribution is 2.30. The van der Waals surface area contributed by atoms with Crippen molar-refractivity contribution in [3.63, 3.8) is 0 Å². The van der Waals surface area contributed by atoms with Gasteiger partial charge >= 0.3 is 6.09 Å². The van der Waals surface area contributed by atoms with Crippen LogP contribution < -0.4 is 10.5 Å². The molecule has 1 fully saturated rings. The molecule has 0 unspecified atom stereocenters.